The number of aromatic amines is 1. The van der Waals surface area contributed by atoms with Crippen LogP contribution in [-0.2, 0) is 0 Å². The van der Waals surface area contributed by atoms with Crippen LogP contribution in [0.25, 0.3) is 11.0 Å². The van der Waals surface area contributed by atoms with Crippen molar-refractivity contribution in [3.63, 3.8) is 0 Å². The van der Waals surface area contributed by atoms with Crippen LogP contribution in [0, 0.1) is 13.8 Å². The van der Waals surface area contributed by atoms with E-state index in [4.69, 9.17) is 4.42 Å². The molecule has 2 heterocycles. The number of benzene rings is 1. The maximum Gasteiger partial charge on any atom is 0.289 e. The zero-order valence-electron chi connectivity index (χ0n) is 13.9. The molecule has 0 aliphatic heterocycles. The van der Waals surface area contributed by atoms with E-state index in [1.54, 1.807) is 25.6 Å². The highest BCUT2D eigenvalue weighted by atomic mass is 32.2. The fraction of sp³-hybridized carbons (Fsp3) is 0.353. The van der Waals surface area contributed by atoms with Crippen molar-refractivity contribution in [2.24, 2.45) is 0 Å². The number of para-hydroxylation sites is 2. The number of imidazole rings is 1. The molecule has 7 heteroatoms. The molecule has 1 amide bonds. The molecule has 126 valence electrons. The third-order valence-electron chi connectivity index (χ3n) is 3.76. The number of thioether (sulfide) groups is 1. The number of oxazole rings is 1. The molecule has 2 aromatic heterocycles. The average molecular weight is 344 g/mol. The standard InChI is InChI=1S/C17H20N4O2S/c1-10-15(23-11(2)18-10)17(22)21-14(8-9-24-3)16-19-12-6-4-5-7-13(12)20-16/h4-7,14H,8-9H2,1-3H3,(H,19,20)(H,21,22). The second kappa shape index (κ2) is 7.09. The summed E-state index contributed by atoms with van der Waals surface area (Å²) in [7, 11) is 0. The summed E-state index contributed by atoms with van der Waals surface area (Å²) in [5.74, 6) is 2.16. The van der Waals surface area contributed by atoms with E-state index in [0.717, 1.165) is 29.0 Å². The Bertz CT molecular complexity index is 822. The van der Waals surface area contributed by atoms with Gasteiger partial charge in [-0.2, -0.15) is 11.8 Å². The van der Waals surface area contributed by atoms with E-state index in [1.165, 1.54) is 0 Å². The third-order valence-corrected chi connectivity index (χ3v) is 4.41. The second-order valence-electron chi connectivity index (χ2n) is 5.59. The van der Waals surface area contributed by atoms with Gasteiger partial charge in [-0.3, -0.25) is 4.79 Å². The Morgan fingerprint density at radius 1 is 1.33 bits per heavy atom. The van der Waals surface area contributed by atoms with Crippen LogP contribution < -0.4 is 5.32 Å². The molecule has 0 spiro atoms. The number of aryl methyl sites for hydroxylation is 2. The molecule has 0 fully saturated rings. The number of amides is 1. The topological polar surface area (TPSA) is 83.8 Å². The number of fused-ring (bicyclic) bond motifs is 1. The Hall–Kier alpha value is -2.28. The Kier molecular flexibility index (Phi) is 4.89. The summed E-state index contributed by atoms with van der Waals surface area (Å²) in [5, 5.41) is 3.02. The van der Waals surface area contributed by atoms with Gasteiger partial charge in [0.25, 0.3) is 5.91 Å². The SMILES string of the molecule is CSCCC(NC(=O)c1oc(C)nc1C)c1nc2ccccc2[nH]1. The van der Waals surface area contributed by atoms with Crippen molar-refractivity contribution in [2.45, 2.75) is 26.3 Å². The molecule has 3 rings (SSSR count). The lowest BCUT2D eigenvalue weighted by molar-refractivity contribution is 0.0904. The molecule has 3 aromatic rings. The molecule has 1 unspecified atom stereocenters. The fourth-order valence-electron chi connectivity index (χ4n) is 2.62. The van der Waals surface area contributed by atoms with Crippen molar-refractivity contribution in [3.05, 3.63) is 47.4 Å². The van der Waals surface area contributed by atoms with Crippen molar-refractivity contribution >= 4 is 28.7 Å². The molecule has 0 bridgehead atoms. The highest BCUT2D eigenvalue weighted by Crippen LogP contribution is 2.21. The lowest BCUT2D eigenvalue weighted by Gasteiger charge is -2.15. The van der Waals surface area contributed by atoms with Gasteiger partial charge in [-0.05, 0) is 37.5 Å². The van der Waals surface area contributed by atoms with Crippen LogP contribution in [-0.4, -0.2) is 32.9 Å². The number of rotatable bonds is 6. The molecule has 0 saturated heterocycles. The normalized spacial score (nSPS) is 12.5. The van der Waals surface area contributed by atoms with Crippen LogP contribution in [0.15, 0.2) is 28.7 Å². The lowest BCUT2D eigenvalue weighted by Crippen LogP contribution is -2.30. The second-order valence-corrected chi connectivity index (χ2v) is 6.58. The lowest BCUT2D eigenvalue weighted by atomic mass is 10.2. The van der Waals surface area contributed by atoms with Crippen LogP contribution in [0.2, 0.25) is 0 Å². The summed E-state index contributed by atoms with van der Waals surface area (Å²) in [6, 6.07) is 7.63. The van der Waals surface area contributed by atoms with Crippen molar-refractivity contribution in [1.29, 1.82) is 0 Å². The molecule has 0 aliphatic rings. The van der Waals surface area contributed by atoms with Crippen LogP contribution in [0.1, 0.15) is 40.4 Å². The number of H-pyrrole nitrogens is 1. The summed E-state index contributed by atoms with van der Waals surface area (Å²) in [4.78, 5) is 24.6. The van der Waals surface area contributed by atoms with E-state index >= 15 is 0 Å². The van der Waals surface area contributed by atoms with Gasteiger partial charge in [0.15, 0.2) is 5.89 Å². The smallest absolute Gasteiger partial charge is 0.289 e. The first-order chi connectivity index (χ1) is 11.6. The van der Waals surface area contributed by atoms with Gasteiger partial charge in [-0.1, -0.05) is 12.1 Å². The molecule has 24 heavy (non-hydrogen) atoms. The van der Waals surface area contributed by atoms with Gasteiger partial charge in [0.2, 0.25) is 5.76 Å². The number of hydrogen-bond acceptors (Lipinski definition) is 5. The van der Waals surface area contributed by atoms with Gasteiger partial charge in [0, 0.05) is 6.92 Å². The maximum absolute atomic E-state index is 12.5. The largest absolute Gasteiger partial charge is 0.436 e. The van der Waals surface area contributed by atoms with E-state index in [1.807, 2.05) is 30.5 Å². The van der Waals surface area contributed by atoms with Crippen molar-refractivity contribution in [3.8, 4) is 0 Å². The van der Waals surface area contributed by atoms with Crippen LogP contribution in [0.4, 0.5) is 0 Å². The Balaban J connectivity index is 1.85. The molecular weight excluding hydrogens is 324 g/mol. The maximum atomic E-state index is 12.5. The number of hydrogen-bond donors (Lipinski definition) is 2. The van der Waals surface area contributed by atoms with Gasteiger partial charge < -0.3 is 14.7 Å². The Morgan fingerprint density at radius 3 is 2.79 bits per heavy atom. The monoisotopic (exact) mass is 344 g/mol. The fourth-order valence-corrected chi connectivity index (χ4v) is 3.09. The van der Waals surface area contributed by atoms with Gasteiger partial charge in [0.05, 0.1) is 22.8 Å². The van der Waals surface area contributed by atoms with E-state index in [2.05, 4.69) is 20.3 Å². The molecule has 0 saturated carbocycles. The minimum atomic E-state index is -0.264. The van der Waals surface area contributed by atoms with Gasteiger partial charge in [0.1, 0.15) is 5.82 Å². The minimum Gasteiger partial charge on any atom is -0.436 e. The van der Waals surface area contributed by atoms with Crippen molar-refractivity contribution < 1.29 is 9.21 Å². The van der Waals surface area contributed by atoms with Gasteiger partial charge in [-0.25, -0.2) is 9.97 Å². The summed E-state index contributed by atoms with van der Waals surface area (Å²) in [6.07, 6.45) is 2.82. The summed E-state index contributed by atoms with van der Waals surface area (Å²) in [6.45, 7) is 3.50. The van der Waals surface area contributed by atoms with E-state index in [-0.39, 0.29) is 17.7 Å². The zero-order valence-corrected chi connectivity index (χ0v) is 14.7. The first-order valence-corrected chi connectivity index (χ1v) is 9.16. The van der Waals surface area contributed by atoms with Gasteiger partial charge >= 0.3 is 0 Å². The zero-order chi connectivity index (χ0) is 17.1. The van der Waals surface area contributed by atoms with E-state index in [9.17, 15) is 4.79 Å². The molecule has 1 atom stereocenters. The minimum absolute atomic E-state index is 0.206. The summed E-state index contributed by atoms with van der Waals surface area (Å²) >= 11 is 1.73. The van der Waals surface area contributed by atoms with Crippen LogP contribution >= 0.6 is 11.8 Å². The van der Waals surface area contributed by atoms with Crippen molar-refractivity contribution in [1.82, 2.24) is 20.3 Å². The van der Waals surface area contributed by atoms with Crippen LogP contribution in [0.5, 0.6) is 0 Å². The molecule has 6 nitrogen and oxygen atoms in total. The highest BCUT2D eigenvalue weighted by molar-refractivity contribution is 7.98. The highest BCUT2D eigenvalue weighted by Gasteiger charge is 2.22. The molecule has 0 radical (unpaired) electrons. The quantitative estimate of drug-likeness (QED) is 0.716. The number of aromatic nitrogens is 3. The number of nitrogens with zero attached hydrogens (tertiary/aromatic N) is 2. The van der Waals surface area contributed by atoms with Gasteiger partial charge in [-0.15, -0.1) is 0 Å². The Morgan fingerprint density at radius 2 is 2.12 bits per heavy atom. The number of nitrogens with one attached hydrogen (secondary N) is 2. The molecule has 2 N–H and O–H groups in total. The summed E-state index contributed by atoms with van der Waals surface area (Å²) in [5.41, 5.74) is 2.45. The average Bonchev–Trinajstić information content (AvgIpc) is 3.13. The predicted octanol–water partition coefficient (Wildman–Crippen LogP) is 3.39. The number of carbonyl (C=O) groups is 1. The Labute approximate surface area is 144 Å². The van der Waals surface area contributed by atoms with E-state index in [0.29, 0.717) is 11.6 Å². The van der Waals surface area contributed by atoms with Crippen LogP contribution in [0.3, 0.4) is 0 Å². The first kappa shape index (κ1) is 16.6. The number of carbonyl (C=O) groups excluding carboxylic acids is 1. The molecule has 0 aliphatic carbocycles. The summed E-state index contributed by atoms with van der Waals surface area (Å²) < 4.78 is 5.42. The molecule has 1 aromatic carbocycles. The van der Waals surface area contributed by atoms with E-state index < -0.39 is 0 Å². The third kappa shape index (κ3) is 3.46. The first-order valence-electron chi connectivity index (χ1n) is 7.77. The van der Waals surface area contributed by atoms with Crippen molar-refractivity contribution in [2.75, 3.05) is 12.0 Å². The predicted molar refractivity (Wildman–Crippen MR) is 95.3 cm³/mol. The molecular formula is C17H20N4O2S.